The number of hydrogen-bond donors (Lipinski definition) is 1. The number of imidazole rings is 1. The molecule has 116 valence electrons. The third-order valence-electron chi connectivity index (χ3n) is 3.81. The van der Waals surface area contributed by atoms with Gasteiger partial charge in [0.2, 0.25) is 0 Å². The van der Waals surface area contributed by atoms with Crippen LogP contribution in [0.4, 0.5) is 0 Å². The van der Waals surface area contributed by atoms with Crippen molar-refractivity contribution in [3.05, 3.63) is 71.0 Å². The van der Waals surface area contributed by atoms with E-state index < -0.39 is 5.97 Å². The molecule has 0 unspecified atom stereocenters. The molecule has 0 saturated heterocycles. The molecule has 1 heterocycles. The maximum Gasteiger partial charge on any atom is 0.356 e. The van der Waals surface area contributed by atoms with Crippen molar-refractivity contribution in [2.45, 2.75) is 20.8 Å². The number of benzene rings is 2. The number of carboxylic acid groups (broad SMARTS) is 1. The van der Waals surface area contributed by atoms with E-state index in [1.807, 2.05) is 61.7 Å². The molecule has 0 radical (unpaired) electrons. The molecule has 4 nitrogen and oxygen atoms in total. The average Bonchev–Trinajstić information content (AvgIpc) is 2.92. The van der Waals surface area contributed by atoms with Gasteiger partial charge < -0.3 is 5.11 Å². The number of aryl methyl sites for hydroxylation is 3. The topological polar surface area (TPSA) is 55.1 Å². The SMILES string of the molecule is Cc1cccc(-c2nc(C(=O)O)cn2-c2ccc(C)cc2C)c1. The molecule has 3 rings (SSSR count). The second-order valence-electron chi connectivity index (χ2n) is 5.78. The van der Waals surface area contributed by atoms with Crippen molar-refractivity contribution in [1.29, 1.82) is 0 Å². The molecule has 0 fully saturated rings. The molecule has 4 heteroatoms. The van der Waals surface area contributed by atoms with E-state index in [0.717, 1.165) is 22.4 Å². The van der Waals surface area contributed by atoms with Gasteiger partial charge in [-0.3, -0.25) is 4.57 Å². The maximum absolute atomic E-state index is 11.4. The van der Waals surface area contributed by atoms with Crippen LogP contribution >= 0.6 is 0 Å². The van der Waals surface area contributed by atoms with Crippen molar-refractivity contribution in [3.8, 4) is 17.1 Å². The van der Waals surface area contributed by atoms with Crippen LogP contribution in [0.1, 0.15) is 27.2 Å². The summed E-state index contributed by atoms with van der Waals surface area (Å²) in [7, 11) is 0. The molecule has 0 atom stereocenters. The summed E-state index contributed by atoms with van der Waals surface area (Å²) in [6.07, 6.45) is 1.58. The van der Waals surface area contributed by atoms with Crippen LogP contribution in [0, 0.1) is 20.8 Å². The van der Waals surface area contributed by atoms with Crippen LogP contribution in [0.5, 0.6) is 0 Å². The van der Waals surface area contributed by atoms with Crippen LogP contribution < -0.4 is 0 Å². The summed E-state index contributed by atoms with van der Waals surface area (Å²) >= 11 is 0. The second kappa shape index (κ2) is 5.72. The molecule has 0 spiro atoms. The Bertz CT molecular complexity index is 894. The Morgan fingerprint density at radius 1 is 1.04 bits per heavy atom. The number of rotatable bonds is 3. The molecule has 1 N–H and O–H groups in total. The first kappa shape index (κ1) is 15.0. The van der Waals surface area contributed by atoms with Crippen molar-refractivity contribution in [2.24, 2.45) is 0 Å². The summed E-state index contributed by atoms with van der Waals surface area (Å²) < 4.78 is 1.85. The van der Waals surface area contributed by atoms with Gasteiger partial charge in [0.05, 0.1) is 5.69 Å². The van der Waals surface area contributed by atoms with Gasteiger partial charge in [-0.15, -0.1) is 0 Å². The number of carbonyl (C=O) groups is 1. The van der Waals surface area contributed by atoms with Gasteiger partial charge in [0, 0.05) is 11.8 Å². The van der Waals surface area contributed by atoms with Crippen LogP contribution in [0.15, 0.2) is 48.7 Å². The first-order valence-corrected chi connectivity index (χ1v) is 7.43. The molecule has 1 aromatic heterocycles. The van der Waals surface area contributed by atoms with E-state index in [9.17, 15) is 9.90 Å². The Hall–Kier alpha value is -2.88. The van der Waals surface area contributed by atoms with Crippen molar-refractivity contribution >= 4 is 5.97 Å². The fraction of sp³-hybridized carbons (Fsp3) is 0.158. The number of carboxylic acids is 1. The van der Waals surface area contributed by atoms with Crippen molar-refractivity contribution < 1.29 is 9.90 Å². The Balaban J connectivity index is 2.25. The number of aromatic carboxylic acids is 1. The van der Waals surface area contributed by atoms with Crippen LogP contribution in [-0.2, 0) is 0 Å². The normalized spacial score (nSPS) is 10.7. The van der Waals surface area contributed by atoms with Gasteiger partial charge in [-0.25, -0.2) is 9.78 Å². The van der Waals surface area contributed by atoms with Crippen molar-refractivity contribution in [1.82, 2.24) is 9.55 Å². The zero-order valence-electron chi connectivity index (χ0n) is 13.4. The highest BCUT2D eigenvalue weighted by Crippen LogP contribution is 2.26. The first-order valence-electron chi connectivity index (χ1n) is 7.43. The van der Waals surface area contributed by atoms with Crippen LogP contribution in [0.25, 0.3) is 17.1 Å². The molecule has 0 amide bonds. The molecule has 0 bridgehead atoms. The lowest BCUT2D eigenvalue weighted by Gasteiger charge is -2.12. The molecule has 23 heavy (non-hydrogen) atoms. The van der Waals surface area contributed by atoms with Crippen LogP contribution in [0.3, 0.4) is 0 Å². The van der Waals surface area contributed by atoms with Gasteiger partial charge in [-0.2, -0.15) is 0 Å². The van der Waals surface area contributed by atoms with Gasteiger partial charge in [0.15, 0.2) is 5.69 Å². The Morgan fingerprint density at radius 3 is 2.43 bits per heavy atom. The van der Waals surface area contributed by atoms with Crippen LogP contribution in [0.2, 0.25) is 0 Å². The van der Waals surface area contributed by atoms with Gasteiger partial charge in [-0.1, -0.05) is 41.5 Å². The molecule has 2 aromatic carbocycles. The van der Waals surface area contributed by atoms with Crippen molar-refractivity contribution in [2.75, 3.05) is 0 Å². The summed E-state index contributed by atoms with van der Waals surface area (Å²) in [5, 5.41) is 9.31. The Kier molecular flexibility index (Phi) is 3.74. The first-order chi connectivity index (χ1) is 11.0. The molecular formula is C19H18N2O2. The summed E-state index contributed by atoms with van der Waals surface area (Å²) in [6.45, 7) is 6.06. The summed E-state index contributed by atoms with van der Waals surface area (Å²) in [4.78, 5) is 15.7. The standard InChI is InChI=1S/C19H18N2O2/c1-12-5-4-6-15(10-12)18-20-16(19(22)23)11-21(18)17-8-7-13(2)9-14(17)3/h4-11H,1-3H3,(H,22,23). The highest BCUT2D eigenvalue weighted by atomic mass is 16.4. The van der Waals surface area contributed by atoms with Gasteiger partial charge in [0.1, 0.15) is 5.82 Å². The van der Waals surface area contributed by atoms with Gasteiger partial charge >= 0.3 is 5.97 Å². The zero-order valence-corrected chi connectivity index (χ0v) is 13.4. The third kappa shape index (κ3) is 2.88. The largest absolute Gasteiger partial charge is 0.476 e. The highest BCUT2D eigenvalue weighted by Gasteiger charge is 2.17. The van der Waals surface area contributed by atoms with E-state index in [1.165, 1.54) is 5.56 Å². The average molecular weight is 306 g/mol. The van der Waals surface area contributed by atoms with E-state index in [4.69, 9.17) is 0 Å². The minimum Gasteiger partial charge on any atom is -0.476 e. The number of aromatic nitrogens is 2. The maximum atomic E-state index is 11.4. The lowest BCUT2D eigenvalue weighted by atomic mass is 10.1. The fourth-order valence-electron chi connectivity index (χ4n) is 2.73. The van der Waals surface area contributed by atoms with Crippen molar-refractivity contribution in [3.63, 3.8) is 0 Å². The van der Waals surface area contributed by atoms with E-state index in [-0.39, 0.29) is 5.69 Å². The van der Waals surface area contributed by atoms with E-state index in [2.05, 4.69) is 11.1 Å². The molecule has 0 aliphatic rings. The minimum atomic E-state index is -1.03. The number of hydrogen-bond acceptors (Lipinski definition) is 2. The zero-order chi connectivity index (χ0) is 16.6. The van der Waals surface area contributed by atoms with E-state index in [0.29, 0.717) is 5.82 Å². The predicted octanol–water partition coefficient (Wildman–Crippen LogP) is 4.16. The number of nitrogens with zero attached hydrogens (tertiary/aromatic N) is 2. The Morgan fingerprint density at radius 2 is 1.78 bits per heavy atom. The second-order valence-corrected chi connectivity index (χ2v) is 5.78. The summed E-state index contributed by atoms with van der Waals surface area (Å²) in [5.41, 5.74) is 5.23. The molecule has 3 aromatic rings. The summed E-state index contributed by atoms with van der Waals surface area (Å²) in [5.74, 6) is -0.388. The Labute approximate surface area is 135 Å². The lowest BCUT2D eigenvalue weighted by molar-refractivity contribution is 0.0691. The quantitative estimate of drug-likeness (QED) is 0.790. The minimum absolute atomic E-state index is 0.0430. The lowest BCUT2D eigenvalue weighted by Crippen LogP contribution is -1.99. The molecule has 0 aliphatic heterocycles. The molecular weight excluding hydrogens is 288 g/mol. The smallest absolute Gasteiger partial charge is 0.356 e. The van der Waals surface area contributed by atoms with Crippen LogP contribution in [-0.4, -0.2) is 20.6 Å². The summed E-state index contributed by atoms with van der Waals surface area (Å²) in [6, 6.07) is 14.0. The fourth-order valence-corrected chi connectivity index (χ4v) is 2.73. The predicted molar refractivity (Wildman–Crippen MR) is 90.2 cm³/mol. The third-order valence-corrected chi connectivity index (χ3v) is 3.81. The van der Waals surface area contributed by atoms with E-state index >= 15 is 0 Å². The highest BCUT2D eigenvalue weighted by molar-refractivity contribution is 5.86. The van der Waals surface area contributed by atoms with Gasteiger partial charge in [0.25, 0.3) is 0 Å². The molecule has 0 saturated carbocycles. The molecule has 0 aliphatic carbocycles. The van der Waals surface area contributed by atoms with E-state index in [1.54, 1.807) is 6.20 Å². The van der Waals surface area contributed by atoms with Gasteiger partial charge in [-0.05, 0) is 38.5 Å². The monoisotopic (exact) mass is 306 g/mol.